The largest absolute Gasteiger partial charge is 0.265 e. The number of rotatable bonds is 8. The first kappa shape index (κ1) is 19.5. The third-order valence-corrected chi connectivity index (χ3v) is 6.48. The molecular weight excluding hydrogens is 362 g/mol. The molecule has 136 valence electrons. The zero-order valence-corrected chi connectivity index (χ0v) is 15.7. The zero-order valence-electron chi connectivity index (χ0n) is 14.1. The molecule has 0 fully saturated rings. The molecule has 0 unspecified atom stereocenters. The van der Waals surface area contributed by atoms with Crippen LogP contribution in [0.2, 0.25) is 0 Å². The maximum atomic E-state index is 12.4. The summed E-state index contributed by atoms with van der Waals surface area (Å²) in [4.78, 5) is 4.08. The van der Waals surface area contributed by atoms with Crippen molar-refractivity contribution in [1.82, 2.24) is 14.0 Å². The van der Waals surface area contributed by atoms with Crippen molar-refractivity contribution < 1.29 is 16.8 Å². The number of pyridine rings is 1. The van der Waals surface area contributed by atoms with Gasteiger partial charge in [0.15, 0.2) is 0 Å². The maximum absolute atomic E-state index is 12.4. The molecule has 0 aliphatic carbocycles. The van der Waals surface area contributed by atoms with Gasteiger partial charge in [-0.05, 0) is 36.2 Å². The summed E-state index contributed by atoms with van der Waals surface area (Å²) in [5.74, 6) is 0. The molecule has 2 rings (SSSR count). The molecule has 0 aliphatic heterocycles. The van der Waals surface area contributed by atoms with E-state index < -0.39 is 20.0 Å². The van der Waals surface area contributed by atoms with Crippen molar-refractivity contribution in [2.45, 2.75) is 18.4 Å². The lowest BCUT2D eigenvalue weighted by Gasteiger charge is -2.20. The molecule has 9 heteroatoms. The van der Waals surface area contributed by atoms with Gasteiger partial charge in [0.25, 0.3) is 0 Å². The highest BCUT2D eigenvalue weighted by molar-refractivity contribution is 7.89. The van der Waals surface area contributed by atoms with E-state index in [0.717, 1.165) is 11.8 Å². The predicted octanol–water partition coefficient (Wildman–Crippen LogP) is 1.13. The zero-order chi connectivity index (χ0) is 18.5. The highest BCUT2D eigenvalue weighted by Gasteiger charge is 2.20. The normalized spacial score (nSPS) is 12.4. The van der Waals surface area contributed by atoms with Crippen molar-refractivity contribution in [3.05, 3.63) is 59.9 Å². The highest BCUT2D eigenvalue weighted by Crippen LogP contribution is 2.14. The van der Waals surface area contributed by atoms with Gasteiger partial charge >= 0.3 is 0 Å². The third kappa shape index (κ3) is 5.60. The predicted molar refractivity (Wildman–Crippen MR) is 95.9 cm³/mol. The van der Waals surface area contributed by atoms with Gasteiger partial charge < -0.3 is 0 Å². The molecule has 0 radical (unpaired) electrons. The van der Waals surface area contributed by atoms with E-state index >= 15 is 0 Å². The Morgan fingerprint density at radius 3 is 2.28 bits per heavy atom. The van der Waals surface area contributed by atoms with Gasteiger partial charge in [-0.3, -0.25) is 4.98 Å². The number of nitrogens with one attached hydrogen (secondary N) is 1. The van der Waals surface area contributed by atoms with Crippen LogP contribution < -0.4 is 4.72 Å². The summed E-state index contributed by atoms with van der Waals surface area (Å²) in [5.41, 5.74) is 1.41. The summed E-state index contributed by atoms with van der Waals surface area (Å²) in [7, 11) is -7.16. The van der Waals surface area contributed by atoms with Gasteiger partial charge in [0.05, 0.1) is 11.2 Å². The smallest absolute Gasteiger partial charge is 0.240 e. The minimum Gasteiger partial charge on any atom is -0.265 e. The first-order chi connectivity index (χ1) is 11.7. The number of nitrogens with zero attached hydrogens (tertiary/aromatic N) is 2. The van der Waals surface area contributed by atoms with Gasteiger partial charge in [-0.2, -0.15) is 4.31 Å². The molecule has 2 aromatic rings. The van der Waals surface area contributed by atoms with E-state index in [9.17, 15) is 16.8 Å². The Balaban J connectivity index is 2.05. The Morgan fingerprint density at radius 1 is 1.04 bits per heavy atom. The van der Waals surface area contributed by atoms with Gasteiger partial charge in [0.2, 0.25) is 20.0 Å². The summed E-state index contributed by atoms with van der Waals surface area (Å²) in [5, 5.41) is 0. The number of sulfonamides is 2. The second kappa shape index (κ2) is 8.05. The first-order valence-electron chi connectivity index (χ1n) is 7.59. The van der Waals surface area contributed by atoms with Crippen LogP contribution in [0.1, 0.15) is 11.1 Å². The van der Waals surface area contributed by atoms with Crippen LogP contribution in [0.5, 0.6) is 0 Å². The van der Waals surface area contributed by atoms with Crippen LogP contribution in [-0.4, -0.2) is 45.5 Å². The Morgan fingerprint density at radius 2 is 1.68 bits per heavy atom. The lowest BCUT2D eigenvalue weighted by atomic mass is 10.2. The Hall–Kier alpha value is -1.81. The number of hydrogen-bond acceptors (Lipinski definition) is 5. The molecule has 1 aromatic carbocycles. The van der Waals surface area contributed by atoms with Crippen molar-refractivity contribution in [3.63, 3.8) is 0 Å². The lowest BCUT2D eigenvalue weighted by Crippen LogP contribution is -2.37. The van der Waals surface area contributed by atoms with E-state index in [-0.39, 0.29) is 24.5 Å². The Kier molecular flexibility index (Phi) is 6.28. The molecule has 1 N–H and O–H groups in total. The van der Waals surface area contributed by atoms with E-state index in [2.05, 4.69) is 9.71 Å². The fourth-order valence-corrected chi connectivity index (χ4v) is 4.37. The average Bonchev–Trinajstić information content (AvgIpc) is 2.54. The van der Waals surface area contributed by atoms with Crippen molar-refractivity contribution in [2.75, 3.05) is 19.3 Å². The molecular formula is C16H21N3O4S2. The molecule has 0 spiro atoms. The molecule has 0 saturated carbocycles. The summed E-state index contributed by atoms with van der Waals surface area (Å²) in [6, 6.07) is 10.1. The van der Waals surface area contributed by atoms with Crippen LogP contribution in [0.25, 0.3) is 0 Å². The molecule has 0 saturated heterocycles. The lowest BCUT2D eigenvalue weighted by molar-refractivity contribution is 0.412. The van der Waals surface area contributed by atoms with Gasteiger partial charge in [0.1, 0.15) is 0 Å². The van der Waals surface area contributed by atoms with Crippen LogP contribution in [-0.2, 0) is 26.6 Å². The Labute approximate surface area is 148 Å². The van der Waals surface area contributed by atoms with E-state index in [0.29, 0.717) is 5.56 Å². The Bertz CT molecular complexity index is 913. The van der Waals surface area contributed by atoms with Crippen LogP contribution in [0.4, 0.5) is 0 Å². The topological polar surface area (TPSA) is 96.4 Å². The van der Waals surface area contributed by atoms with Gasteiger partial charge in [0, 0.05) is 32.0 Å². The first-order valence-corrected chi connectivity index (χ1v) is 10.9. The van der Waals surface area contributed by atoms with Gasteiger partial charge in [-0.25, -0.2) is 21.6 Å². The molecule has 25 heavy (non-hydrogen) atoms. The van der Waals surface area contributed by atoms with Crippen LogP contribution in [0.15, 0.2) is 53.7 Å². The fourth-order valence-electron chi connectivity index (χ4n) is 2.29. The standard InChI is InChI=1S/C16H21N3O4S2/c1-14-5-3-4-6-16(14)25(22,23)18-11-12-19(24(2,20)21)13-15-7-9-17-10-8-15/h3-10,18H,11-13H2,1-2H3. The minimum absolute atomic E-state index is 0.0190. The van der Waals surface area contributed by atoms with Crippen molar-refractivity contribution in [1.29, 1.82) is 0 Å². The van der Waals surface area contributed by atoms with Gasteiger partial charge in [-0.1, -0.05) is 18.2 Å². The number of benzene rings is 1. The second-order valence-corrected chi connectivity index (χ2v) is 9.33. The summed E-state index contributed by atoms with van der Waals surface area (Å²) < 4.78 is 52.3. The SMILES string of the molecule is Cc1ccccc1S(=O)(=O)NCCN(Cc1ccncc1)S(C)(=O)=O. The number of aromatic nitrogens is 1. The quantitative estimate of drug-likeness (QED) is 0.737. The van der Waals surface area contributed by atoms with Crippen LogP contribution >= 0.6 is 0 Å². The molecule has 0 atom stereocenters. The van der Waals surface area contributed by atoms with Crippen molar-refractivity contribution in [3.8, 4) is 0 Å². The molecule has 7 nitrogen and oxygen atoms in total. The monoisotopic (exact) mass is 383 g/mol. The fraction of sp³-hybridized carbons (Fsp3) is 0.312. The molecule has 0 aliphatic rings. The maximum Gasteiger partial charge on any atom is 0.240 e. The van der Waals surface area contributed by atoms with Crippen molar-refractivity contribution in [2.24, 2.45) is 0 Å². The van der Waals surface area contributed by atoms with Crippen LogP contribution in [0, 0.1) is 6.92 Å². The van der Waals surface area contributed by atoms with E-state index in [1.165, 1.54) is 10.4 Å². The minimum atomic E-state index is -3.69. The molecule has 0 bridgehead atoms. The van der Waals surface area contributed by atoms with E-state index in [4.69, 9.17) is 0 Å². The van der Waals surface area contributed by atoms with Crippen LogP contribution in [0.3, 0.4) is 0 Å². The van der Waals surface area contributed by atoms with E-state index in [1.807, 2.05) is 0 Å². The molecule has 1 heterocycles. The van der Waals surface area contributed by atoms with Crippen molar-refractivity contribution >= 4 is 20.0 Å². The molecule has 0 amide bonds. The summed E-state index contributed by atoms with van der Waals surface area (Å²) >= 11 is 0. The summed E-state index contributed by atoms with van der Waals surface area (Å²) in [6.07, 6.45) is 4.26. The third-order valence-electron chi connectivity index (χ3n) is 3.61. The number of hydrogen-bond donors (Lipinski definition) is 1. The van der Waals surface area contributed by atoms with E-state index in [1.54, 1.807) is 49.6 Å². The molecule has 1 aromatic heterocycles. The number of aryl methyl sites for hydroxylation is 1. The highest BCUT2D eigenvalue weighted by atomic mass is 32.2. The summed E-state index contributed by atoms with van der Waals surface area (Å²) in [6.45, 7) is 1.88. The second-order valence-electron chi connectivity index (χ2n) is 5.62. The average molecular weight is 383 g/mol. The van der Waals surface area contributed by atoms with Gasteiger partial charge in [-0.15, -0.1) is 0 Å².